The van der Waals surface area contributed by atoms with Crippen molar-refractivity contribution < 1.29 is 4.79 Å². The first-order valence-corrected chi connectivity index (χ1v) is 6.12. The average molecular weight is 233 g/mol. The molecule has 0 spiro atoms. The van der Waals surface area contributed by atoms with E-state index in [1.54, 1.807) is 0 Å². The van der Waals surface area contributed by atoms with Crippen LogP contribution in [-0.2, 0) is 4.79 Å². The second kappa shape index (κ2) is 5.35. The van der Waals surface area contributed by atoms with Crippen molar-refractivity contribution in [2.45, 2.75) is 34.1 Å². The zero-order chi connectivity index (χ0) is 13.1. The van der Waals surface area contributed by atoms with E-state index in [4.69, 9.17) is 0 Å². The number of hydrogen-bond acceptors (Lipinski definition) is 2. The highest BCUT2D eigenvalue weighted by molar-refractivity contribution is 5.84. The molecule has 0 heterocycles. The Hall–Kier alpha value is -1.31. The smallest absolute Gasteiger partial charge is 0.139 e. The lowest BCUT2D eigenvalue weighted by Crippen LogP contribution is -2.27. The Labute approximate surface area is 105 Å². The Balaban J connectivity index is 2.53. The van der Waals surface area contributed by atoms with E-state index < -0.39 is 0 Å². The second-order valence-electron chi connectivity index (χ2n) is 5.68. The Morgan fingerprint density at radius 1 is 1.18 bits per heavy atom. The normalized spacial score (nSPS) is 11.4. The molecule has 17 heavy (non-hydrogen) atoms. The van der Waals surface area contributed by atoms with Crippen LogP contribution >= 0.6 is 0 Å². The van der Waals surface area contributed by atoms with Crippen LogP contribution in [0, 0.1) is 12.3 Å². The van der Waals surface area contributed by atoms with Crippen LogP contribution in [0.15, 0.2) is 24.3 Å². The standard InChI is InChI=1S/C15H23NO/c1-12-6-8-13(9-7-12)16(5)11-10-14(17)15(2,3)4/h6-9H,10-11H2,1-5H3. The third-order valence-electron chi connectivity index (χ3n) is 2.99. The van der Waals surface area contributed by atoms with Crippen LogP contribution in [0.5, 0.6) is 0 Å². The van der Waals surface area contributed by atoms with Crippen molar-refractivity contribution in [1.29, 1.82) is 0 Å². The Morgan fingerprint density at radius 2 is 1.71 bits per heavy atom. The van der Waals surface area contributed by atoms with E-state index >= 15 is 0 Å². The van der Waals surface area contributed by atoms with Gasteiger partial charge in [0.15, 0.2) is 0 Å². The molecule has 0 aliphatic carbocycles. The molecule has 2 heteroatoms. The first-order valence-electron chi connectivity index (χ1n) is 6.12. The van der Waals surface area contributed by atoms with Gasteiger partial charge in [0.05, 0.1) is 0 Å². The minimum atomic E-state index is -0.228. The summed E-state index contributed by atoms with van der Waals surface area (Å²) < 4.78 is 0. The molecule has 2 nitrogen and oxygen atoms in total. The van der Waals surface area contributed by atoms with Gasteiger partial charge in [-0.3, -0.25) is 4.79 Å². The second-order valence-corrected chi connectivity index (χ2v) is 5.68. The maximum atomic E-state index is 11.8. The molecule has 0 bridgehead atoms. The summed E-state index contributed by atoms with van der Waals surface area (Å²) in [5.41, 5.74) is 2.19. The molecule has 0 saturated heterocycles. The van der Waals surface area contributed by atoms with Crippen molar-refractivity contribution in [1.82, 2.24) is 0 Å². The fourth-order valence-corrected chi connectivity index (χ4v) is 1.57. The van der Waals surface area contributed by atoms with Crippen LogP contribution < -0.4 is 4.90 Å². The molecular formula is C15H23NO. The molecule has 94 valence electrons. The third-order valence-corrected chi connectivity index (χ3v) is 2.99. The summed E-state index contributed by atoms with van der Waals surface area (Å²) in [7, 11) is 2.03. The fraction of sp³-hybridized carbons (Fsp3) is 0.533. The van der Waals surface area contributed by atoms with Gasteiger partial charge in [-0.15, -0.1) is 0 Å². The van der Waals surface area contributed by atoms with Crippen molar-refractivity contribution >= 4 is 11.5 Å². The van der Waals surface area contributed by atoms with E-state index in [0.29, 0.717) is 12.2 Å². The van der Waals surface area contributed by atoms with Crippen molar-refractivity contribution in [3.63, 3.8) is 0 Å². The monoisotopic (exact) mass is 233 g/mol. The van der Waals surface area contributed by atoms with Gasteiger partial charge in [-0.25, -0.2) is 0 Å². The van der Waals surface area contributed by atoms with Crippen LogP contribution in [0.3, 0.4) is 0 Å². The maximum absolute atomic E-state index is 11.8. The number of Topliss-reactive ketones (excluding diaryl/α,β-unsaturated/α-hetero) is 1. The molecule has 1 aromatic carbocycles. The summed E-state index contributed by atoms with van der Waals surface area (Å²) in [5.74, 6) is 0.316. The third kappa shape index (κ3) is 4.22. The Morgan fingerprint density at radius 3 is 2.18 bits per heavy atom. The van der Waals surface area contributed by atoms with Gasteiger partial charge in [0.25, 0.3) is 0 Å². The number of carbonyl (C=O) groups is 1. The first kappa shape index (κ1) is 13.8. The van der Waals surface area contributed by atoms with Gasteiger partial charge in [-0.1, -0.05) is 38.5 Å². The quantitative estimate of drug-likeness (QED) is 0.794. The van der Waals surface area contributed by atoms with Gasteiger partial charge >= 0.3 is 0 Å². The zero-order valence-electron chi connectivity index (χ0n) is 11.6. The molecule has 0 N–H and O–H groups in total. The van der Waals surface area contributed by atoms with Crippen molar-refractivity contribution in [3.8, 4) is 0 Å². The van der Waals surface area contributed by atoms with E-state index in [1.807, 2.05) is 27.8 Å². The molecule has 0 radical (unpaired) electrons. The number of ketones is 1. The highest BCUT2D eigenvalue weighted by Crippen LogP contribution is 2.18. The molecule has 0 aliphatic heterocycles. The molecule has 0 aromatic heterocycles. The lowest BCUT2D eigenvalue weighted by molar-refractivity contribution is -0.126. The number of carbonyl (C=O) groups excluding carboxylic acids is 1. The Bertz CT molecular complexity index is 373. The van der Waals surface area contributed by atoms with E-state index in [0.717, 1.165) is 12.2 Å². The molecule has 1 rings (SSSR count). The lowest BCUT2D eigenvalue weighted by atomic mass is 9.89. The molecule has 0 amide bonds. The molecular weight excluding hydrogens is 210 g/mol. The van der Waals surface area contributed by atoms with Crippen molar-refractivity contribution in [2.24, 2.45) is 5.41 Å². The largest absolute Gasteiger partial charge is 0.374 e. The van der Waals surface area contributed by atoms with Crippen LogP contribution in [-0.4, -0.2) is 19.4 Å². The van der Waals surface area contributed by atoms with Crippen LogP contribution in [0.4, 0.5) is 5.69 Å². The van der Waals surface area contributed by atoms with Gasteiger partial charge in [-0.05, 0) is 19.1 Å². The number of rotatable bonds is 4. The lowest BCUT2D eigenvalue weighted by Gasteiger charge is -2.22. The molecule has 0 atom stereocenters. The van der Waals surface area contributed by atoms with Crippen LogP contribution in [0.2, 0.25) is 0 Å². The highest BCUT2D eigenvalue weighted by atomic mass is 16.1. The van der Waals surface area contributed by atoms with Crippen molar-refractivity contribution in [2.75, 3.05) is 18.5 Å². The van der Waals surface area contributed by atoms with Gasteiger partial charge in [0, 0.05) is 31.1 Å². The molecule has 0 aliphatic rings. The van der Waals surface area contributed by atoms with E-state index in [-0.39, 0.29) is 5.41 Å². The highest BCUT2D eigenvalue weighted by Gasteiger charge is 2.20. The summed E-state index contributed by atoms with van der Waals surface area (Å²) in [5, 5.41) is 0. The van der Waals surface area contributed by atoms with E-state index in [2.05, 4.69) is 36.1 Å². The number of nitrogens with zero attached hydrogens (tertiary/aromatic N) is 1. The molecule has 0 unspecified atom stereocenters. The maximum Gasteiger partial charge on any atom is 0.139 e. The summed E-state index contributed by atoms with van der Waals surface area (Å²) in [6, 6.07) is 8.38. The minimum absolute atomic E-state index is 0.228. The predicted molar refractivity (Wildman–Crippen MR) is 73.5 cm³/mol. The molecule has 0 saturated carbocycles. The number of aryl methyl sites for hydroxylation is 1. The average Bonchev–Trinajstić information content (AvgIpc) is 2.25. The van der Waals surface area contributed by atoms with Gasteiger partial charge in [-0.2, -0.15) is 0 Å². The van der Waals surface area contributed by atoms with Gasteiger partial charge in [0.2, 0.25) is 0 Å². The zero-order valence-corrected chi connectivity index (χ0v) is 11.6. The van der Waals surface area contributed by atoms with Gasteiger partial charge in [0.1, 0.15) is 5.78 Å². The predicted octanol–water partition coefficient (Wildman–Crippen LogP) is 3.44. The van der Waals surface area contributed by atoms with Crippen molar-refractivity contribution in [3.05, 3.63) is 29.8 Å². The van der Waals surface area contributed by atoms with Crippen LogP contribution in [0.1, 0.15) is 32.8 Å². The number of anilines is 1. The summed E-state index contributed by atoms with van der Waals surface area (Å²) in [6.45, 7) is 8.77. The number of benzene rings is 1. The van der Waals surface area contributed by atoms with Crippen LogP contribution in [0.25, 0.3) is 0 Å². The summed E-state index contributed by atoms with van der Waals surface area (Å²) >= 11 is 0. The summed E-state index contributed by atoms with van der Waals surface area (Å²) in [4.78, 5) is 14.0. The van der Waals surface area contributed by atoms with E-state index in [9.17, 15) is 4.79 Å². The fourth-order valence-electron chi connectivity index (χ4n) is 1.57. The Kier molecular flexibility index (Phi) is 4.33. The topological polar surface area (TPSA) is 20.3 Å². The van der Waals surface area contributed by atoms with E-state index in [1.165, 1.54) is 5.56 Å². The first-order chi connectivity index (χ1) is 7.80. The molecule has 1 aromatic rings. The number of hydrogen-bond donors (Lipinski definition) is 0. The van der Waals surface area contributed by atoms with Gasteiger partial charge < -0.3 is 4.90 Å². The summed E-state index contributed by atoms with van der Waals surface area (Å²) in [6.07, 6.45) is 0.605. The molecule has 0 fully saturated rings. The minimum Gasteiger partial charge on any atom is -0.374 e. The SMILES string of the molecule is Cc1ccc(N(C)CCC(=O)C(C)(C)C)cc1.